The number of halogens is 1. The average Bonchev–Trinajstić information content (AvgIpc) is 3.49. The summed E-state index contributed by atoms with van der Waals surface area (Å²) >= 11 is 7.21. The molecule has 1 aromatic carbocycles. The number of nitrogens with one attached hydrogen (secondary N) is 1. The molecule has 0 unspecified atom stereocenters. The minimum Gasteiger partial charge on any atom is -0.380 e. The van der Waals surface area contributed by atoms with Gasteiger partial charge in [0, 0.05) is 71.8 Å². The average molecular weight is 616 g/mol. The lowest BCUT2D eigenvalue weighted by atomic mass is 9.60. The third-order valence-electron chi connectivity index (χ3n) is 12.4. The maximum absolute atomic E-state index is 12.1. The van der Waals surface area contributed by atoms with Crippen molar-refractivity contribution in [1.82, 2.24) is 29.8 Å². The Balaban J connectivity index is 1.08. The van der Waals surface area contributed by atoms with Crippen LogP contribution in [0.15, 0.2) is 24.9 Å². The van der Waals surface area contributed by atoms with Crippen molar-refractivity contribution in [1.29, 1.82) is 0 Å². The van der Waals surface area contributed by atoms with E-state index in [0.717, 1.165) is 97.2 Å². The molecule has 0 atom stereocenters. The van der Waals surface area contributed by atoms with Crippen molar-refractivity contribution in [3.05, 3.63) is 41.2 Å². The molecular formula is C34H42ClN7O2. The molecule has 3 aliphatic heterocycles. The van der Waals surface area contributed by atoms with Gasteiger partial charge in [-0.05, 0) is 76.5 Å². The maximum Gasteiger partial charge on any atom is 0.245 e. The van der Waals surface area contributed by atoms with Gasteiger partial charge < -0.3 is 14.5 Å². The van der Waals surface area contributed by atoms with Crippen LogP contribution in [0.4, 0.5) is 5.82 Å². The van der Waals surface area contributed by atoms with Crippen LogP contribution in [0.1, 0.15) is 62.2 Å². The largest absolute Gasteiger partial charge is 0.380 e. The van der Waals surface area contributed by atoms with Crippen LogP contribution >= 0.6 is 11.6 Å². The van der Waals surface area contributed by atoms with Gasteiger partial charge in [-0.1, -0.05) is 18.2 Å². The van der Waals surface area contributed by atoms with Crippen LogP contribution in [0.2, 0.25) is 5.02 Å². The number of H-pyrrole nitrogens is 1. The van der Waals surface area contributed by atoms with Crippen LogP contribution in [-0.4, -0.2) is 93.2 Å². The van der Waals surface area contributed by atoms with Gasteiger partial charge in [0.2, 0.25) is 5.91 Å². The highest BCUT2D eigenvalue weighted by Gasteiger charge is 2.57. The topological polar surface area (TPSA) is 82.5 Å². The molecule has 0 bridgehead atoms. The highest BCUT2D eigenvalue weighted by Crippen LogP contribution is 2.57. The smallest absolute Gasteiger partial charge is 0.245 e. The molecule has 232 valence electrons. The minimum absolute atomic E-state index is 0.0418. The number of hydrogen-bond acceptors (Lipinski definition) is 6. The van der Waals surface area contributed by atoms with Crippen LogP contribution in [-0.2, 0) is 9.53 Å². The van der Waals surface area contributed by atoms with E-state index in [1.807, 2.05) is 11.1 Å². The number of rotatable bonds is 5. The van der Waals surface area contributed by atoms with E-state index in [1.54, 1.807) is 0 Å². The molecule has 9 rings (SSSR count). The molecule has 5 heterocycles. The van der Waals surface area contributed by atoms with Crippen molar-refractivity contribution in [3.8, 4) is 11.1 Å². The number of hydrogen-bond donors (Lipinski definition) is 1. The maximum atomic E-state index is 12.1. The summed E-state index contributed by atoms with van der Waals surface area (Å²) in [6.45, 7) is 14.7. The quantitative estimate of drug-likeness (QED) is 0.394. The van der Waals surface area contributed by atoms with E-state index < -0.39 is 0 Å². The van der Waals surface area contributed by atoms with Crippen LogP contribution in [0.5, 0.6) is 0 Å². The van der Waals surface area contributed by atoms with Crippen molar-refractivity contribution < 1.29 is 9.53 Å². The number of amides is 1. The summed E-state index contributed by atoms with van der Waals surface area (Å²) in [6.07, 6.45) is 11.7. The summed E-state index contributed by atoms with van der Waals surface area (Å²) in [5.41, 5.74) is 6.25. The Morgan fingerprint density at radius 1 is 1.07 bits per heavy atom. The fourth-order valence-corrected chi connectivity index (χ4v) is 9.94. The third-order valence-corrected chi connectivity index (χ3v) is 12.8. The number of anilines is 1. The predicted octanol–water partition coefficient (Wildman–Crippen LogP) is 5.27. The summed E-state index contributed by atoms with van der Waals surface area (Å²) in [5, 5.41) is 15.0. The van der Waals surface area contributed by atoms with Gasteiger partial charge in [0.1, 0.15) is 0 Å². The molecule has 10 heteroatoms. The Morgan fingerprint density at radius 2 is 1.82 bits per heavy atom. The van der Waals surface area contributed by atoms with E-state index in [-0.39, 0.29) is 16.9 Å². The van der Waals surface area contributed by atoms with Crippen molar-refractivity contribution in [2.24, 2.45) is 10.8 Å². The first-order chi connectivity index (χ1) is 21.2. The standard InChI is InChI=1S/C34H42ClN7O2/c1-4-27(43)40-16-32(17-40)13-24(14-32)42-22(3)28(29-25-15-36-37-26(25)10-21(2)30(29)35)31(38-42)41-9-8-39(18-34(41)6-5-7-34)23-11-33(12-23)19-44-20-33/h4,10,15,23-24H,1,5-9,11-14,16-20H2,2-3H3,(H,36,37). The number of ether oxygens (including phenoxy) is 1. The number of aromatic amines is 1. The van der Waals surface area contributed by atoms with E-state index in [0.29, 0.717) is 17.5 Å². The summed E-state index contributed by atoms with van der Waals surface area (Å²) in [6, 6.07) is 3.11. The van der Waals surface area contributed by atoms with E-state index in [2.05, 4.69) is 51.2 Å². The lowest BCUT2D eigenvalue weighted by Gasteiger charge is -2.62. The number of benzene rings is 1. The van der Waals surface area contributed by atoms with Gasteiger partial charge in [0.15, 0.2) is 5.82 Å². The van der Waals surface area contributed by atoms with Gasteiger partial charge >= 0.3 is 0 Å². The van der Waals surface area contributed by atoms with E-state index in [4.69, 9.17) is 21.4 Å². The van der Waals surface area contributed by atoms with Gasteiger partial charge in [0.05, 0.1) is 41.5 Å². The Morgan fingerprint density at radius 3 is 2.48 bits per heavy atom. The number of aryl methyl sites for hydroxylation is 1. The zero-order chi connectivity index (χ0) is 30.0. The lowest BCUT2D eigenvalue weighted by molar-refractivity contribution is -0.187. The van der Waals surface area contributed by atoms with Gasteiger partial charge in [0.25, 0.3) is 0 Å². The number of nitrogens with zero attached hydrogens (tertiary/aromatic N) is 6. The van der Waals surface area contributed by atoms with Gasteiger partial charge in [-0.25, -0.2) is 0 Å². The summed E-state index contributed by atoms with van der Waals surface area (Å²) in [5.74, 6) is 1.13. The molecule has 1 N–H and O–H groups in total. The normalized spacial score (nSPS) is 26.8. The third kappa shape index (κ3) is 3.75. The first-order valence-electron chi connectivity index (χ1n) is 16.5. The molecule has 1 amide bonds. The predicted molar refractivity (Wildman–Crippen MR) is 171 cm³/mol. The lowest BCUT2D eigenvalue weighted by Crippen LogP contribution is -2.70. The van der Waals surface area contributed by atoms with Crippen LogP contribution in [0.3, 0.4) is 0 Å². The zero-order valence-electron chi connectivity index (χ0n) is 25.9. The molecule has 9 nitrogen and oxygen atoms in total. The Kier molecular flexibility index (Phi) is 5.82. The Hall–Kier alpha value is -2.88. The Bertz CT molecular complexity index is 1680. The SMILES string of the molecule is C=CC(=O)N1CC2(CC(n3nc(N4CCN(C5CC6(COC6)C5)CC45CCC5)c(-c4c(Cl)c(C)cc5[nH]ncc45)c3C)C2)C1. The molecule has 3 saturated carbocycles. The molecule has 0 radical (unpaired) electrons. The number of fused-ring (bicyclic) bond motifs is 1. The molecule has 3 aromatic rings. The van der Waals surface area contributed by atoms with E-state index in [9.17, 15) is 4.79 Å². The highest BCUT2D eigenvalue weighted by atomic mass is 35.5. The molecular weight excluding hydrogens is 574 g/mol. The van der Waals surface area contributed by atoms with Crippen molar-refractivity contribution in [2.75, 3.05) is 50.8 Å². The number of carbonyl (C=O) groups excluding carboxylic acids is 1. The minimum atomic E-state index is 0.0418. The molecule has 6 aliphatic rings. The van der Waals surface area contributed by atoms with Crippen molar-refractivity contribution in [2.45, 2.75) is 76.4 Å². The van der Waals surface area contributed by atoms with Gasteiger partial charge in [-0.2, -0.15) is 10.2 Å². The highest BCUT2D eigenvalue weighted by molar-refractivity contribution is 6.36. The molecule has 6 fully saturated rings. The second kappa shape index (κ2) is 9.33. The van der Waals surface area contributed by atoms with E-state index >= 15 is 0 Å². The van der Waals surface area contributed by atoms with Crippen LogP contribution < -0.4 is 4.90 Å². The molecule has 2 aromatic heterocycles. The number of likely N-dealkylation sites (tertiary alicyclic amines) is 1. The molecule has 3 aliphatic carbocycles. The van der Waals surface area contributed by atoms with Crippen molar-refractivity contribution >= 4 is 34.2 Å². The molecule has 3 saturated heterocycles. The monoisotopic (exact) mass is 615 g/mol. The first-order valence-corrected chi connectivity index (χ1v) is 16.8. The van der Waals surface area contributed by atoms with E-state index in [1.165, 1.54) is 43.9 Å². The second-order valence-corrected chi connectivity index (χ2v) is 15.5. The summed E-state index contributed by atoms with van der Waals surface area (Å²) < 4.78 is 7.89. The van der Waals surface area contributed by atoms with Crippen LogP contribution in [0.25, 0.3) is 22.0 Å². The molecule has 3 spiro atoms. The fraction of sp³-hybridized carbons (Fsp3) is 0.618. The molecule has 44 heavy (non-hydrogen) atoms. The first kappa shape index (κ1) is 27.4. The number of carbonyl (C=O) groups is 1. The fourth-order valence-electron chi connectivity index (χ4n) is 9.69. The number of piperazine rings is 1. The van der Waals surface area contributed by atoms with Gasteiger partial charge in [-0.3, -0.25) is 19.5 Å². The van der Waals surface area contributed by atoms with Crippen molar-refractivity contribution in [3.63, 3.8) is 0 Å². The van der Waals surface area contributed by atoms with Gasteiger partial charge in [-0.15, -0.1) is 0 Å². The van der Waals surface area contributed by atoms with Crippen LogP contribution in [0, 0.1) is 24.7 Å². The Labute approximate surface area is 263 Å². The second-order valence-electron chi connectivity index (χ2n) is 15.2. The summed E-state index contributed by atoms with van der Waals surface area (Å²) in [4.78, 5) is 19.5. The zero-order valence-corrected chi connectivity index (χ0v) is 26.6. The number of aromatic nitrogens is 4. The summed E-state index contributed by atoms with van der Waals surface area (Å²) in [7, 11) is 0.